The Labute approximate surface area is 117 Å². The van der Waals surface area contributed by atoms with Crippen LogP contribution in [0.15, 0.2) is 24.5 Å². The van der Waals surface area contributed by atoms with Crippen LogP contribution in [-0.4, -0.2) is 35.6 Å². The number of hydrogen-bond acceptors (Lipinski definition) is 3. The molecule has 106 valence electrons. The fraction of sp³-hybridized carbons (Fsp3) is 0.688. The number of nitrogens with zero attached hydrogens (tertiary/aromatic N) is 2. The lowest BCUT2D eigenvalue weighted by molar-refractivity contribution is 0.156. The first-order valence-electron chi connectivity index (χ1n) is 7.73. The topological polar surface area (TPSA) is 42.1 Å². The molecule has 0 spiro atoms. The van der Waals surface area contributed by atoms with Gasteiger partial charge in [0.25, 0.3) is 0 Å². The van der Waals surface area contributed by atoms with Gasteiger partial charge in [-0.2, -0.15) is 0 Å². The van der Waals surface area contributed by atoms with Crippen LogP contribution in [0.1, 0.15) is 44.1 Å². The van der Waals surface area contributed by atoms with Gasteiger partial charge in [0.05, 0.1) is 0 Å². The summed E-state index contributed by atoms with van der Waals surface area (Å²) in [6, 6.07) is 5.05. The Morgan fingerprint density at radius 1 is 1.11 bits per heavy atom. The third-order valence-electron chi connectivity index (χ3n) is 4.18. The molecule has 0 aliphatic heterocycles. The molecule has 1 saturated carbocycles. The van der Waals surface area contributed by atoms with Gasteiger partial charge in [-0.05, 0) is 56.5 Å². The molecule has 0 amide bonds. The monoisotopic (exact) mass is 261 g/mol. The highest BCUT2D eigenvalue weighted by atomic mass is 15.1. The van der Waals surface area contributed by atoms with Crippen LogP contribution >= 0.6 is 0 Å². The Bertz CT molecular complexity index is 333. The third kappa shape index (κ3) is 4.92. The number of aromatic nitrogens is 1. The highest BCUT2D eigenvalue weighted by Gasteiger charge is 2.20. The molecule has 0 bridgehead atoms. The molecular formula is C16H27N3. The molecule has 1 heterocycles. The van der Waals surface area contributed by atoms with E-state index in [-0.39, 0.29) is 0 Å². The van der Waals surface area contributed by atoms with Crippen LogP contribution in [0, 0.1) is 0 Å². The van der Waals surface area contributed by atoms with E-state index < -0.39 is 0 Å². The Morgan fingerprint density at radius 2 is 1.84 bits per heavy atom. The molecular weight excluding hydrogens is 234 g/mol. The first-order valence-corrected chi connectivity index (χ1v) is 7.73. The number of pyridine rings is 1. The van der Waals surface area contributed by atoms with Crippen LogP contribution in [0.5, 0.6) is 0 Å². The molecule has 0 atom stereocenters. The number of nitrogens with two attached hydrogens (primary N) is 1. The predicted octanol–water partition coefficient (Wildman–Crippen LogP) is 2.61. The first-order chi connectivity index (χ1) is 9.40. The van der Waals surface area contributed by atoms with Gasteiger partial charge in [-0.15, -0.1) is 0 Å². The molecule has 1 fully saturated rings. The van der Waals surface area contributed by atoms with Crippen molar-refractivity contribution in [1.29, 1.82) is 0 Å². The van der Waals surface area contributed by atoms with Gasteiger partial charge >= 0.3 is 0 Å². The molecule has 19 heavy (non-hydrogen) atoms. The van der Waals surface area contributed by atoms with E-state index in [0.717, 1.165) is 38.5 Å². The van der Waals surface area contributed by atoms with Crippen molar-refractivity contribution in [2.24, 2.45) is 5.73 Å². The van der Waals surface area contributed by atoms with E-state index in [4.69, 9.17) is 5.73 Å². The fourth-order valence-corrected chi connectivity index (χ4v) is 3.04. The average molecular weight is 261 g/mol. The molecule has 2 rings (SSSR count). The maximum absolute atomic E-state index is 5.68. The second kappa shape index (κ2) is 8.28. The van der Waals surface area contributed by atoms with Crippen molar-refractivity contribution in [2.45, 2.75) is 51.0 Å². The highest BCUT2D eigenvalue weighted by Crippen LogP contribution is 2.23. The van der Waals surface area contributed by atoms with Gasteiger partial charge in [-0.1, -0.05) is 19.3 Å². The van der Waals surface area contributed by atoms with E-state index in [2.05, 4.69) is 22.0 Å². The van der Waals surface area contributed by atoms with Gasteiger partial charge in [0, 0.05) is 25.0 Å². The average Bonchev–Trinajstić information content (AvgIpc) is 2.49. The second-order valence-electron chi connectivity index (χ2n) is 5.58. The Balaban J connectivity index is 1.85. The van der Waals surface area contributed by atoms with Crippen molar-refractivity contribution >= 4 is 0 Å². The first kappa shape index (κ1) is 14.5. The van der Waals surface area contributed by atoms with Gasteiger partial charge in [-0.25, -0.2) is 0 Å². The quantitative estimate of drug-likeness (QED) is 0.820. The minimum Gasteiger partial charge on any atom is -0.330 e. The SMILES string of the molecule is NCCCN(CCc1ccncc1)C1CCCCC1. The maximum atomic E-state index is 5.68. The largest absolute Gasteiger partial charge is 0.330 e. The van der Waals surface area contributed by atoms with E-state index >= 15 is 0 Å². The number of hydrogen-bond donors (Lipinski definition) is 1. The molecule has 1 aromatic heterocycles. The van der Waals surface area contributed by atoms with E-state index in [1.54, 1.807) is 0 Å². The van der Waals surface area contributed by atoms with Crippen molar-refractivity contribution in [2.75, 3.05) is 19.6 Å². The molecule has 0 saturated heterocycles. The maximum Gasteiger partial charge on any atom is 0.0270 e. The van der Waals surface area contributed by atoms with Crippen LogP contribution in [0.25, 0.3) is 0 Å². The Kier molecular flexibility index (Phi) is 6.31. The van der Waals surface area contributed by atoms with E-state index in [0.29, 0.717) is 0 Å². The minimum atomic E-state index is 0.794. The lowest BCUT2D eigenvalue weighted by atomic mass is 9.93. The molecule has 2 N–H and O–H groups in total. The van der Waals surface area contributed by atoms with Gasteiger partial charge in [0.2, 0.25) is 0 Å². The summed E-state index contributed by atoms with van der Waals surface area (Å²) in [4.78, 5) is 6.75. The lowest BCUT2D eigenvalue weighted by Crippen LogP contribution is -2.39. The van der Waals surface area contributed by atoms with Crippen LogP contribution in [-0.2, 0) is 6.42 Å². The second-order valence-corrected chi connectivity index (χ2v) is 5.58. The molecule has 3 heteroatoms. The van der Waals surface area contributed by atoms with E-state index in [1.807, 2.05) is 12.4 Å². The summed E-state index contributed by atoms with van der Waals surface area (Å²) in [6.45, 7) is 3.12. The summed E-state index contributed by atoms with van der Waals surface area (Å²) in [5, 5.41) is 0. The van der Waals surface area contributed by atoms with Crippen LogP contribution in [0.2, 0.25) is 0 Å². The molecule has 1 aliphatic rings. The van der Waals surface area contributed by atoms with Crippen molar-refractivity contribution in [3.05, 3.63) is 30.1 Å². The summed E-state index contributed by atoms with van der Waals surface area (Å²) in [6.07, 6.45) is 13.0. The Morgan fingerprint density at radius 3 is 2.53 bits per heavy atom. The van der Waals surface area contributed by atoms with Crippen molar-refractivity contribution < 1.29 is 0 Å². The molecule has 1 aromatic rings. The van der Waals surface area contributed by atoms with Crippen molar-refractivity contribution in [3.8, 4) is 0 Å². The third-order valence-corrected chi connectivity index (χ3v) is 4.18. The van der Waals surface area contributed by atoms with Gasteiger partial charge < -0.3 is 10.6 Å². The Hall–Kier alpha value is -0.930. The minimum absolute atomic E-state index is 0.794. The summed E-state index contributed by atoms with van der Waals surface area (Å²) < 4.78 is 0. The molecule has 0 radical (unpaired) electrons. The number of rotatable bonds is 7. The lowest BCUT2D eigenvalue weighted by Gasteiger charge is -2.34. The summed E-state index contributed by atoms with van der Waals surface area (Å²) in [7, 11) is 0. The van der Waals surface area contributed by atoms with Crippen LogP contribution in [0.3, 0.4) is 0 Å². The molecule has 3 nitrogen and oxygen atoms in total. The fourth-order valence-electron chi connectivity index (χ4n) is 3.04. The predicted molar refractivity (Wildman–Crippen MR) is 80.1 cm³/mol. The summed E-state index contributed by atoms with van der Waals surface area (Å²) in [5.74, 6) is 0. The van der Waals surface area contributed by atoms with Gasteiger partial charge in [0.15, 0.2) is 0 Å². The molecule has 1 aliphatic carbocycles. The standard InChI is InChI=1S/C16H27N3/c17-10-4-13-19(16-5-2-1-3-6-16)14-9-15-7-11-18-12-8-15/h7-8,11-12,16H,1-6,9-10,13-14,17H2. The summed E-state index contributed by atoms with van der Waals surface area (Å²) >= 11 is 0. The molecule has 0 unspecified atom stereocenters. The van der Waals surface area contributed by atoms with Gasteiger partial charge in [-0.3, -0.25) is 4.98 Å². The van der Waals surface area contributed by atoms with Gasteiger partial charge in [0.1, 0.15) is 0 Å². The molecule has 0 aromatic carbocycles. The van der Waals surface area contributed by atoms with E-state index in [9.17, 15) is 0 Å². The zero-order valence-corrected chi connectivity index (χ0v) is 11.9. The zero-order valence-electron chi connectivity index (χ0n) is 11.9. The zero-order chi connectivity index (χ0) is 13.3. The highest BCUT2D eigenvalue weighted by molar-refractivity contribution is 5.10. The van der Waals surface area contributed by atoms with Crippen LogP contribution < -0.4 is 5.73 Å². The van der Waals surface area contributed by atoms with E-state index in [1.165, 1.54) is 37.7 Å². The van der Waals surface area contributed by atoms with Crippen molar-refractivity contribution in [1.82, 2.24) is 9.88 Å². The van der Waals surface area contributed by atoms with Crippen LogP contribution in [0.4, 0.5) is 0 Å². The van der Waals surface area contributed by atoms with Crippen molar-refractivity contribution in [3.63, 3.8) is 0 Å². The summed E-state index contributed by atoms with van der Waals surface area (Å²) in [5.41, 5.74) is 7.07. The normalized spacial score (nSPS) is 16.9. The smallest absolute Gasteiger partial charge is 0.0270 e.